The third-order valence-corrected chi connectivity index (χ3v) is 3.18. The average molecular weight is 276 g/mol. The van der Waals surface area contributed by atoms with Crippen LogP contribution in [0.1, 0.15) is 44.9 Å². The summed E-state index contributed by atoms with van der Waals surface area (Å²) in [6.45, 7) is 12.7. The van der Waals surface area contributed by atoms with Gasteiger partial charge in [0.05, 0.1) is 12.7 Å². The van der Waals surface area contributed by atoms with Crippen molar-refractivity contribution in [1.29, 1.82) is 0 Å². The summed E-state index contributed by atoms with van der Waals surface area (Å²) in [6.07, 6.45) is -0.457. The summed E-state index contributed by atoms with van der Waals surface area (Å²) in [6, 6.07) is 8.09. The van der Waals surface area contributed by atoms with Gasteiger partial charge in [-0.25, -0.2) is 4.79 Å². The number of ether oxygens (including phenoxy) is 2. The zero-order valence-corrected chi connectivity index (χ0v) is 13.0. The second-order valence-corrected chi connectivity index (χ2v) is 5.72. The number of hydrogen-bond donors (Lipinski definition) is 0. The number of carbonyl (C=O) groups excluding carboxylic acids is 1. The Morgan fingerprint density at radius 1 is 1.25 bits per heavy atom. The van der Waals surface area contributed by atoms with E-state index in [1.54, 1.807) is 0 Å². The van der Waals surface area contributed by atoms with Crippen LogP contribution in [-0.4, -0.2) is 19.7 Å². The van der Waals surface area contributed by atoms with E-state index in [9.17, 15) is 4.79 Å². The van der Waals surface area contributed by atoms with Crippen molar-refractivity contribution in [2.24, 2.45) is 0 Å². The molecular formula is C17H24O3. The lowest BCUT2D eigenvalue weighted by Crippen LogP contribution is -2.16. The second kappa shape index (κ2) is 6.71. The lowest BCUT2D eigenvalue weighted by molar-refractivity contribution is -0.137. The molecule has 0 radical (unpaired) electrons. The Balaban J connectivity index is 3.04. The molecule has 0 N–H and O–H groups in total. The highest BCUT2D eigenvalue weighted by atomic mass is 16.5. The Labute approximate surface area is 121 Å². The van der Waals surface area contributed by atoms with Gasteiger partial charge in [-0.1, -0.05) is 51.6 Å². The fourth-order valence-electron chi connectivity index (χ4n) is 1.96. The number of esters is 1. The minimum absolute atomic E-state index is 0.0962. The lowest BCUT2D eigenvalue weighted by Gasteiger charge is -2.22. The third kappa shape index (κ3) is 3.94. The van der Waals surface area contributed by atoms with Crippen molar-refractivity contribution in [2.75, 3.05) is 13.7 Å². The fraction of sp³-hybridized carbons (Fsp3) is 0.471. The van der Waals surface area contributed by atoms with E-state index in [1.165, 1.54) is 12.7 Å². The Morgan fingerprint density at radius 3 is 2.20 bits per heavy atom. The molecule has 20 heavy (non-hydrogen) atoms. The molecule has 0 heterocycles. The Hall–Kier alpha value is -1.61. The van der Waals surface area contributed by atoms with Gasteiger partial charge >= 0.3 is 5.97 Å². The Bertz CT molecular complexity index is 466. The molecule has 0 aliphatic heterocycles. The predicted molar refractivity (Wildman–Crippen MR) is 80.7 cm³/mol. The molecule has 0 saturated heterocycles. The lowest BCUT2D eigenvalue weighted by atomic mass is 9.86. The van der Waals surface area contributed by atoms with Gasteiger partial charge in [-0.05, 0) is 23.5 Å². The van der Waals surface area contributed by atoms with Gasteiger partial charge in [0, 0.05) is 6.61 Å². The van der Waals surface area contributed by atoms with Crippen molar-refractivity contribution >= 4 is 5.97 Å². The van der Waals surface area contributed by atoms with Gasteiger partial charge in [0.25, 0.3) is 0 Å². The summed E-state index contributed by atoms with van der Waals surface area (Å²) in [5, 5.41) is 0. The molecule has 110 valence electrons. The van der Waals surface area contributed by atoms with Crippen LogP contribution in [0.3, 0.4) is 0 Å². The highest BCUT2D eigenvalue weighted by molar-refractivity contribution is 5.89. The van der Waals surface area contributed by atoms with E-state index in [4.69, 9.17) is 9.47 Å². The molecule has 3 nitrogen and oxygen atoms in total. The van der Waals surface area contributed by atoms with Crippen LogP contribution in [0.25, 0.3) is 0 Å². The smallest absolute Gasteiger partial charge is 0.336 e. The van der Waals surface area contributed by atoms with Crippen molar-refractivity contribution in [3.63, 3.8) is 0 Å². The molecule has 0 fully saturated rings. The molecule has 0 aliphatic rings. The molecule has 0 spiro atoms. The van der Waals surface area contributed by atoms with E-state index in [0.29, 0.717) is 12.2 Å². The zero-order valence-electron chi connectivity index (χ0n) is 13.0. The van der Waals surface area contributed by atoms with Crippen LogP contribution in [0.5, 0.6) is 0 Å². The van der Waals surface area contributed by atoms with E-state index in [-0.39, 0.29) is 5.41 Å². The molecule has 0 bridgehead atoms. The summed E-state index contributed by atoms with van der Waals surface area (Å²) >= 11 is 0. The number of rotatable bonds is 5. The monoisotopic (exact) mass is 276 g/mol. The molecular weight excluding hydrogens is 252 g/mol. The second-order valence-electron chi connectivity index (χ2n) is 5.72. The normalized spacial score (nSPS) is 12.8. The first-order valence-electron chi connectivity index (χ1n) is 6.80. The maximum atomic E-state index is 11.6. The Morgan fingerprint density at radius 2 is 1.80 bits per heavy atom. The number of benzene rings is 1. The summed E-state index contributed by atoms with van der Waals surface area (Å²) in [5.74, 6) is -0.441. The van der Waals surface area contributed by atoms with E-state index >= 15 is 0 Å². The molecule has 1 aromatic rings. The molecule has 0 amide bonds. The molecule has 1 rings (SSSR count). The highest BCUT2D eigenvalue weighted by Crippen LogP contribution is 2.28. The SMILES string of the molecule is C=C(C(=O)OC)C(OCC)c1ccc(C(C)(C)C)cc1. The molecule has 0 saturated carbocycles. The summed E-state index contributed by atoms with van der Waals surface area (Å²) in [5.41, 5.74) is 2.56. The van der Waals surface area contributed by atoms with Gasteiger partial charge in [0.15, 0.2) is 0 Å². The van der Waals surface area contributed by atoms with Gasteiger partial charge in [-0.3, -0.25) is 0 Å². The quantitative estimate of drug-likeness (QED) is 0.606. The van der Waals surface area contributed by atoms with Gasteiger partial charge in [-0.15, -0.1) is 0 Å². The Kier molecular flexibility index (Phi) is 5.52. The first-order valence-corrected chi connectivity index (χ1v) is 6.80. The molecule has 1 atom stereocenters. The largest absolute Gasteiger partial charge is 0.466 e. The van der Waals surface area contributed by atoms with E-state index in [0.717, 1.165) is 5.56 Å². The fourth-order valence-corrected chi connectivity index (χ4v) is 1.96. The van der Waals surface area contributed by atoms with Crippen LogP contribution < -0.4 is 0 Å². The average Bonchev–Trinajstić information content (AvgIpc) is 2.42. The van der Waals surface area contributed by atoms with E-state index in [1.807, 2.05) is 19.1 Å². The van der Waals surface area contributed by atoms with Crippen LogP contribution in [0.15, 0.2) is 36.4 Å². The van der Waals surface area contributed by atoms with Crippen LogP contribution in [0, 0.1) is 0 Å². The van der Waals surface area contributed by atoms with Crippen molar-refractivity contribution in [2.45, 2.75) is 39.2 Å². The summed E-state index contributed by atoms with van der Waals surface area (Å²) in [7, 11) is 1.35. The van der Waals surface area contributed by atoms with Crippen molar-refractivity contribution in [1.82, 2.24) is 0 Å². The van der Waals surface area contributed by atoms with Crippen LogP contribution >= 0.6 is 0 Å². The summed E-state index contributed by atoms with van der Waals surface area (Å²) < 4.78 is 10.4. The minimum Gasteiger partial charge on any atom is -0.466 e. The van der Waals surface area contributed by atoms with Crippen LogP contribution in [0.4, 0.5) is 0 Å². The first kappa shape index (κ1) is 16.4. The van der Waals surface area contributed by atoms with Gasteiger partial charge < -0.3 is 9.47 Å². The minimum atomic E-state index is -0.457. The van der Waals surface area contributed by atoms with Crippen molar-refractivity contribution in [3.05, 3.63) is 47.5 Å². The van der Waals surface area contributed by atoms with Gasteiger partial charge in [-0.2, -0.15) is 0 Å². The van der Waals surface area contributed by atoms with Crippen molar-refractivity contribution < 1.29 is 14.3 Å². The van der Waals surface area contributed by atoms with E-state index in [2.05, 4.69) is 39.5 Å². The van der Waals surface area contributed by atoms with Gasteiger partial charge in [0.2, 0.25) is 0 Å². The molecule has 1 aromatic carbocycles. The maximum absolute atomic E-state index is 11.6. The zero-order chi connectivity index (χ0) is 15.3. The molecule has 3 heteroatoms. The van der Waals surface area contributed by atoms with E-state index < -0.39 is 12.1 Å². The van der Waals surface area contributed by atoms with Gasteiger partial charge in [0.1, 0.15) is 6.10 Å². The summed E-state index contributed by atoms with van der Waals surface area (Å²) in [4.78, 5) is 11.6. The predicted octanol–water partition coefficient (Wildman–Crippen LogP) is 3.79. The molecule has 0 aliphatic carbocycles. The maximum Gasteiger partial charge on any atom is 0.336 e. The molecule has 0 aromatic heterocycles. The first-order chi connectivity index (χ1) is 9.31. The van der Waals surface area contributed by atoms with Crippen LogP contribution in [0.2, 0.25) is 0 Å². The topological polar surface area (TPSA) is 35.5 Å². The van der Waals surface area contributed by atoms with Crippen LogP contribution in [-0.2, 0) is 19.7 Å². The van der Waals surface area contributed by atoms with Crippen molar-refractivity contribution in [3.8, 4) is 0 Å². The third-order valence-electron chi connectivity index (χ3n) is 3.18. The number of methoxy groups -OCH3 is 1. The number of hydrogen-bond acceptors (Lipinski definition) is 3. The molecule has 1 unspecified atom stereocenters. The number of carbonyl (C=O) groups is 1. The standard InChI is InChI=1S/C17H24O3/c1-7-20-15(12(2)16(18)19-6)13-8-10-14(11-9-13)17(3,4)5/h8-11,15H,2,7H2,1,3-6H3. The highest BCUT2D eigenvalue weighted by Gasteiger charge is 2.22.